The molecule has 0 bridgehead atoms. The third-order valence-electron chi connectivity index (χ3n) is 6.28. The molecular formula is C26H40N4O7. The van der Waals surface area contributed by atoms with E-state index >= 15 is 0 Å². The van der Waals surface area contributed by atoms with Crippen LogP contribution in [0.2, 0.25) is 0 Å². The lowest BCUT2D eigenvalue weighted by Gasteiger charge is -2.36. The van der Waals surface area contributed by atoms with Crippen LogP contribution in [0.15, 0.2) is 36.5 Å². The zero-order valence-electron chi connectivity index (χ0n) is 21.8. The maximum Gasteiger partial charge on any atom is 0.317 e. The second-order valence-corrected chi connectivity index (χ2v) is 9.64. The Morgan fingerprint density at radius 2 is 1.49 bits per heavy atom. The highest BCUT2D eigenvalue weighted by Crippen LogP contribution is 2.18. The Balaban J connectivity index is 2.26. The molecule has 1 fully saturated rings. The van der Waals surface area contributed by atoms with E-state index in [1.807, 2.05) is 29.2 Å². The Morgan fingerprint density at radius 1 is 0.919 bits per heavy atom. The Hall–Kier alpha value is -2.99. The van der Waals surface area contributed by atoms with Gasteiger partial charge in [-0.3, -0.25) is 29.1 Å². The van der Waals surface area contributed by atoms with Gasteiger partial charge in [0.1, 0.15) is 0 Å². The van der Waals surface area contributed by atoms with Crippen LogP contribution in [0, 0.1) is 5.92 Å². The van der Waals surface area contributed by atoms with Crippen molar-refractivity contribution in [1.29, 1.82) is 0 Å². The summed E-state index contributed by atoms with van der Waals surface area (Å²) in [4.78, 5) is 39.8. The fraction of sp³-hybridized carbons (Fsp3) is 0.577. The summed E-state index contributed by atoms with van der Waals surface area (Å²) in [5, 5.41) is 31.6. The second kappa shape index (κ2) is 15.3. The molecule has 1 aromatic carbocycles. The summed E-state index contributed by atoms with van der Waals surface area (Å²) >= 11 is 0. The smallest absolute Gasteiger partial charge is 0.317 e. The van der Waals surface area contributed by atoms with Crippen LogP contribution >= 0.6 is 0 Å². The van der Waals surface area contributed by atoms with E-state index in [4.69, 9.17) is 4.74 Å². The van der Waals surface area contributed by atoms with E-state index in [0.29, 0.717) is 45.8 Å². The van der Waals surface area contributed by atoms with Crippen molar-refractivity contribution in [2.75, 3.05) is 70.9 Å². The maximum atomic E-state index is 11.7. The van der Waals surface area contributed by atoms with Crippen molar-refractivity contribution in [2.24, 2.45) is 5.92 Å². The molecule has 2 rings (SSSR count). The van der Waals surface area contributed by atoms with Crippen molar-refractivity contribution in [3.05, 3.63) is 42.1 Å². The van der Waals surface area contributed by atoms with E-state index in [1.54, 1.807) is 9.80 Å². The highest BCUT2D eigenvalue weighted by Gasteiger charge is 2.26. The summed E-state index contributed by atoms with van der Waals surface area (Å²) in [5.74, 6) is -2.64. The number of ether oxygens (including phenoxy) is 1. The number of allylic oxidation sites excluding steroid dienone is 1. The fourth-order valence-electron chi connectivity index (χ4n) is 4.15. The summed E-state index contributed by atoms with van der Waals surface area (Å²) < 4.78 is 5.70. The van der Waals surface area contributed by atoms with Crippen LogP contribution in [0.4, 0.5) is 5.69 Å². The number of aliphatic carboxylic acids is 3. The van der Waals surface area contributed by atoms with Gasteiger partial charge in [-0.05, 0) is 30.0 Å². The lowest BCUT2D eigenvalue weighted by Crippen LogP contribution is -2.51. The maximum absolute atomic E-state index is 11.7. The molecule has 4 N–H and O–H groups in total. The molecule has 0 spiro atoms. The molecule has 1 saturated heterocycles. The molecule has 0 aliphatic carbocycles. The zero-order valence-corrected chi connectivity index (χ0v) is 21.8. The van der Waals surface area contributed by atoms with E-state index in [1.165, 1.54) is 0 Å². The highest BCUT2D eigenvalue weighted by molar-refractivity contribution is 5.70. The number of hydrogen-bond donors (Lipinski definition) is 4. The van der Waals surface area contributed by atoms with Crippen molar-refractivity contribution in [3.63, 3.8) is 0 Å². The molecule has 37 heavy (non-hydrogen) atoms. The van der Waals surface area contributed by atoms with Crippen molar-refractivity contribution in [3.8, 4) is 0 Å². The van der Waals surface area contributed by atoms with Gasteiger partial charge in [0.15, 0.2) is 0 Å². The minimum absolute atomic E-state index is 0.164. The number of nitrogens with zero attached hydrogens (tertiary/aromatic N) is 3. The van der Waals surface area contributed by atoms with Crippen molar-refractivity contribution < 1.29 is 34.4 Å². The summed E-state index contributed by atoms with van der Waals surface area (Å²) in [6.45, 7) is 9.86. The van der Waals surface area contributed by atoms with Gasteiger partial charge in [0.25, 0.3) is 0 Å². The molecule has 1 heterocycles. The molecule has 0 unspecified atom stereocenters. The third kappa shape index (κ3) is 11.7. The first-order chi connectivity index (χ1) is 17.5. The van der Waals surface area contributed by atoms with Crippen LogP contribution in [-0.2, 0) is 25.5 Å². The lowest BCUT2D eigenvalue weighted by molar-refractivity contribution is -0.141. The number of anilines is 1. The summed E-state index contributed by atoms with van der Waals surface area (Å²) in [6.07, 6.45) is 0.508. The van der Waals surface area contributed by atoms with Gasteiger partial charge in [-0.15, -0.1) is 0 Å². The standard InChI is InChI=1S/C26H40N4O7/c1-19(2)20(3)27-22-6-4-21(5-7-22)14-23-15-29(17-25(33)34)9-8-28(16-24(31)32)10-12-37-13-11-30(23)18-26(35)36/h4-7,19,23,27H,3,8-18H2,1-2H3,(H,31,32)(H,33,34)(H,35,36)/t23-/m0/s1. The number of carboxylic acid groups (broad SMARTS) is 3. The van der Waals surface area contributed by atoms with E-state index < -0.39 is 17.9 Å². The Kier molecular flexibility index (Phi) is 12.5. The highest BCUT2D eigenvalue weighted by atomic mass is 16.5. The SMILES string of the molecule is C=C(Nc1ccc(C[C@H]2CN(CC(=O)O)CCN(CC(=O)O)CCOCCN2CC(=O)O)cc1)C(C)C. The van der Waals surface area contributed by atoms with Gasteiger partial charge in [-0.1, -0.05) is 32.6 Å². The van der Waals surface area contributed by atoms with Crippen LogP contribution < -0.4 is 5.32 Å². The summed E-state index contributed by atoms with van der Waals surface area (Å²) in [5.41, 5.74) is 2.79. The predicted octanol–water partition coefficient (Wildman–Crippen LogP) is 1.37. The first-order valence-corrected chi connectivity index (χ1v) is 12.5. The Morgan fingerprint density at radius 3 is 2.08 bits per heavy atom. The molecule has 0 radical (unpaired) electrons. The van der Waals surface area contributed by atoms with Crippen molar-refractivity contribution >= 4 is 23.6 Å². The van der Waals surface area contributed by atoms with E-state index in [-0.39, 0.29) is 38.2 Å². The number of nitrogens with one attached hydrogen (secondary N) is 1. The molecule has 1 aliphatic rings. The van der Waals surface area contributed by atoms with Gasteiger partial charge in [0.2, 0.25) is 0 Å². The normalized spacial score (nSPS) is 19.1. The van der Waals surface area contributed by atoms with Gasteiger partial charge >= 0.3 is 17.9 Å². The van der Waals surface area contributed by atoms with Crippen LogP contribution in [-0.4, -0.2) is 120 Å². The topological polar surface area (TPSA) is 143 Å². The van der Waals surface area contributed by atoms with Crippen molar-refractivity contribution in [1.82, 2.24) is 14.7 Å². The lowest BCUT2D eigenvalue weighted by atomic mass is 10.0. The molecular weight excluding hydrogens is 480 g/mol. The fourth-order valence-corrected chi connectivity index (χ4v) is 4.15. The average molecular weight is 521 g/mol. The summed E-state index contributed by atoms with van der Waals surface area (Å²) in [7, 11) is 0. The third-order valence-corrected chi connectivity index (χ3v) is 6.28. The number of carboxylic acids is 3. The number of hydrogen-bond acceptors (Lipinski definition) is 8. The average Bonchev–Trinajstić information content (AvgIpc) is 2.80. The molecule has 0 saturated carbocycles. The van der Waals surface area contributed by atoms with E-state index in [0.717, 1.165) is 16.9 Å². The van der Waals surface area contributed by atoms with Crippen LogP contribution in [0.25, 0.3) is 0 Å². The number of rotatable bonds is 11. The van der Waals surface area contributed by atoms with Gasteiger partial charge in [0.05, 0.1) is 32.8 Å². The van der Waals surface area contributed by atoms with Gasteiger partial charge in [-0.2, -0.15) is 0 Å². The minimum atomic E-state index is -0.996. The first kappa shape index (κ1) is 30.2. The van der Waals surface area contributed by atoms with Crippen molar-refractivity contribution in [2.45, 2.75) is 26.3 Å². The predicted molar refractivity (Wildman–Crippen MR) is 140 cm³/mol. The Labute approximate surface area is 218 Å². The van der Waals surface area contributed by atoms with Gasteiger partial charge in [-0.25, -0.2) is 0 Å². The number of carbonyl (C=O) groups is 3. The molecule has 11 heteroatoms. The molecule has 0 aromatic heterocycles. The van der Waals surface area contributed by atoms with Crippen LogP contribution in [0.5, 0.6) is 0 Å². The van der Waals surface area contributed by atoms with Crippen LogP contribution in [0.1, 0.15) is 19.4 Å². The van der Waals surface area contributed by atoms with Gasteiger partial charge < -0.3 is 25.4 Å². The quantitative estimate of drug-likeness (QED) is 0.336. The largest absolute Gasteiger partial charge is 0.480 e. The molecule has 0 amide bonds. The summed E-state index contributed by atoms with van der Waals surface area (Å²) in [6, 6.07) is 7.54. The van der Waals surface area contributed by atoms with E-state index in [9.17, 15) is 29.7 Å². The number of benzene rings is 1. The molecule has 11 nitrogen and oxygen atoms in total. The molecule has 1 aliphatic heterocycles. The molecule has 1 aromatic rings. The Bertz CT molecular complexity index is 907. The minimum Gasteiger partial charge on any atom is -0.480 e. The molecule has 1 atom stereocenters. The zero-order chi connectivity index (χ0) is 27.4. The monoisotopic (exact) mass is 520 g/mol. The molecule has 206 valence electrons. The van der Waals surface area contributed by atoms with Crippen LogP contribution in [0.3, 0.4) is 0 Å². The first-order valence-electron chi connectivity index (χ1n) is 12.5. The second-order valence-electron chi connectivity index (χ2n) is 9.64. The van der Waals surface area contributed by atoms with Gasteiger partial charge in [0, 0.05) is 50.2 Å². The van der Waals surface area contributed by atoms with E-state index in [2.05, 4.69) is 25.7 Å².